The van der Waals surface area contributed by atoms with Crippen molar-refractivity contribution in [3.63, 3.8) is 0 Å². The number of hydrogen-bond acceptors (Lipinski definition) is 5. The molecule has 2 aromatic carbocycles. The average molecular weight is 461 g/mol. The first-order valence-corrected chi connectivity index (χ1v) is 11.7. The SMILES string of the molecule is O=S(=O)(c1cccc(Cl)c1)n1ccc2c(NC3CCNC3)nc3ccc(Cl)cc3c21. The van der Waals surface area contributed by atoms with Gasteiger partial charge in [-0.15, -0.1) is 0 Å². The average Bonchev–Trinajstić information content (AvgIpc) is 3.39. The monoisotopic (exact) mass is 460 g/mol. The van der Waals surface area contributed by atoms with Crippen molar-refractivity contribution in [2.45, 2.75) is 17.4 Å². The van der Waals surface area contributed by atoms with Gasteiger partial charge < -0.3 is 10.6 Å². The minimum Gasteiger partial charge on any atom is -0.365 e. The highest BCUT2D eigenvalue weighted by atomic mass is 35.5. The molecule has 0 aliphatic carbocycles. The van der Waals surface area contributed by atoms with Gasteiger partial charge in [0.25, 0.3) is 10.0 Å². The zero-order valence-electron chi connectivity index (χ0n) is 15.8. The van der Waals surface area contributed by atoms with E-state index in [4.69, 9.17) is 28.2 Å². The van der Waals surface area contributed by atoms with Gasteiger partial charge in [-0.05, 0) is 55.4 Å². The van der Waals surface area contributed by atoms with Gasteiger partial charge in [-0.1, -0.05) is 29.3 Å². The molecule has 2 aromatic heterocycles. The maximum absolute atomic E-state index is 13.5. The summed E-state index contributed by atoms with van der Waals surface area (Å²) in [4.78, 5) is 4.88. The number of aromatic nitrogens is 2. The van der Waals surface area contributed by atoms with Crippen LogP contribution >= 0.6 is 23.2 Å². The summed E-state index contributed by atoms with van der Waals surface area (Å²) in [5.41, 5.74) is 1.21. The second kappa shape index (κ2) is 7.42. The lowest BCUT2D eigenvalue weighted by atomic mass is 10.1. The molecule has 1 aliphatic rings. The van der Waals surface area contributed by atoms with Crippen molar-refractivity contribution in [3.8, 4) is 0 Å². The second-order valence-corrected chi connectivity index (χ2v) is 9.98. The summed E-state index contributed by atoms with van der Waals surface area (Å²) in [7, 11) is -3.87. The molecule has 154 valence electrons. The van der Waals surface area contributed by atoms with E-state index in [2.05, 4.69) is 10.6 Å². The molecule has 1 unspecified atom stereocenters. The van der Waals surface area contributed by atoms with Crippen LogP contribution in [0.3, 0.4) is 0 Å². The number of anilines is 1. The van der Waals surface area contributed by atoms with Crippen LogP contribution in [0.15, 0.2) is 59.6 Å². The molecule has 1 fully saturated rings. The zero-order valence-corrected chi connectivity index (χ0v) is 18.1. The third-order valence-electron chi connectivity index (χ3n) is 5.31. The van der Waals surface area contributed by atoms with E-state index in [1.807, 2.05) is 0 Å². The van der Waals surface area contributed by atoms with Crippen LogP contribution < -0.4 is 10.6 Å². The molecule has 4 aromatic rings. The van der Waals surface area contributed by atoms with Crippen molar-refractivity contribution < 1.29 is 8.42 Å². The number of fused-ring (bicyclic) bond motifs is 3. The summed E-state index contributed by atoms with van der Waals surface area (Å²) in [6.07, 6.45) is 2.53. The Morgan fingerprint density at radius 3 is 2.67 bits per heavy atom. The smallest absolute Gasteiger partial charge is 0.268 e. The molecule has 3 heterocycles. The summed E-state index contributed by atoms with van der Waals surface area (Å²) in [5.74, 6) is 0.661. The summed E-state index contributed by atoms with van der Waals surface area (Å²) >= 11 is 12.3. The molecule has 2 N–H and O–H groups in total. The maximum atomic E-state index is 13.5. The predicted molar refractivity (Wildman–Crippen MR) is 121 cm³/mol. The normalized spacial score (nSPS) is 17.1. The Hall–Kier alpha value is -2.32. The third-order valence-corrected chi connectivity index (χ3v) is 7.45. The molecule has 30 heavy (non-hydrogen) atoms. The molecular weight excluding hydrogens is 443 g/mol. The van der Waals surface area contributed by atoms with Crippen molar-refractivity contribution in [1.29, 1.82) is 0 Å². The molecule has 1 atom stereocenters. The van der Waals surface area contributed by atoms with Crippen LogP contribution in [0.5, 0.6) is 0 Å². The fourth-order valence-corrected chi connectivity index (χ4v) is 5.71. The van der Waals surface area contributed by atoms with Crippen LogP contribution in [-0.2, 0) is 10.0 Å². The number of hydrogen-bond donors (Lipinski definition) is 2. The van der Waals surface area contributed by atoms with Gasteiger partial charge in [0, 0.05) is 39.6 Å². The van der Waals surface area contributed by atoms with E-state index in [1.165, 1.54) is 16.1 Å². The maximum Gasteiger partial charge on any atom is 0.268 e. The Balaban J connectivity index is 1.78. The van der Waals surface area contributed by atoms with E-state index in [0.717, 1.165) is 24.9 Å². The molecule has 6 nitrogen and oxygen atoms in total. The van der Waals surface area contributed by atoms with Gasteiger partial charge in [-0.25, -0.2) is 17.4 Å². The highest BCUT2D eigenvalue weighted by Crippen LogP contribution is 2.34. The van der Waals surface area contributed by atoms with Crippen LogP contribution in [0.25, 0.3) is 21.8 Å². The molecule has 1 saturated heterocycles. The van der Waals surface area contributed by atoms with E-state index in [9.17, 15) is 8.42 Å². The van der Waals surface area contributed by atoms with Gasteiger partial charge in [0.15, 0.2) is 0 Å². The van der Waals surface area contributed by atoms with Gasteiger partial charge in [0.2, 0.25) is 0 Å². The molecule has 0 spiro atoms. The number of rotatable bonds is 4. The lowest BCUT2D eigenvalue weighted by Gasteiger charge is -2.15. The quantitative estimate of drug-likeness (QED) is 0.468. The van der Waals surface area contributed by atoms with Crippen molar-refractivity contribution >= 4 is 60.8 Å². The Kier molecular flexibility index (Phi) is 4.86. The van der Waals surface area contributed by atoms with E-state index in [-0.39, 0.29) is 10.9 Å². The number of halogens is 2. The van der Waals surface area contributed by atoms with Crippen LogP contribution in [0.2, 0.25) is 10.0 Å². The van der Waals surface area contributed by atoms with Gasteiger partial charge in [-0.3, -0.25) is 0 Å². The molecule has 0 saturated carbocycles. The van der Waals surface area contributed by atoms with E-state index in [1.54, 1.807) is 42.6 Å². The summed E-state index contributed by atoms with van der Waals surface area (Å²) in [6, 6.07) is 13.6. The second-order valence-electron chi connectivity index (χ2n) is 7.29. The van der Waals surface area contributed by atoms with E-state index >= 15 is 0 Å². The molecule has 5 rings (SSSR count). The topological polar surface area (TPSA) is 76.0 Å². The first-order chi connectivity index (χ1) is 14.4. The summed E-state index contributed by atoms with van der Waals surface area (Å²) in [6.45, 7) is 1.78. The van der Waals surface area contributed by atoms with E-state index < -0.39 is 10.0 Å². The number of benzene rings is 2. The minimum absolute atomic E-state index is 0.119. The van der Waals surface area contributed by atoms with Crippen molar-refractivity contribution in [2.75, 3.05) is 18.4 Å². The lowest BCUT2D eigenvalue weighted by Crippen LogP contribution is -2.22. The highest BCUT2D eigenvalue weighted by Gasteiger charge is 2.24. The molecule has 0 radical (unpaired) electrons. The van der Waals surface area contributed by atoms with E-state index in [0.29, 0.717) is 32.3 Å². The first-order valence-electron chi connectivity index (χ1n) is 9.52. The highest BCUT2D eigenvalue weighted by molar-refractivity contribution is 7.90. The van der Waals surface area contributed by atoms with Crippen LogP contribution in [0.4, 0.5) is 5.82 Å². The fourth-order valence-electron chi connectivity index (χ4n) is 3.87. The van der Waals surface area contributed by atoms with Gasteiger partial charge in [-0.2, -0.15) is 0 Å². The Morgan fingerprint density at radius 2 is 1.90 bits per heavy atom. The van der Waals surface area contributed by atoms with Gasteiger partial charge in [0.05, 0.1) is 15.9 Å². The lowest BCUT2D eigenvalue weighted by molar-refractivity contribution is 0.589. The molecular formula is C21H18Cl2N4O2S. The Bertz CT molecular complexity index is 1380. The molecule has 0 bridgehead atoms. The largest absolute Gasteiger partial charge is 0.365 e. The number of nitrogens with zero attached hydrogens (tertiary/aromatic N) is 2. The van der Waals surface area contributed by atoms with Crippen LogP contribution in [0, 0.1) is 0 Å². The number of pyridine rings is 1. The Labute approximate surface area is 183 Å². The zero-order chi connectivity index (χ0) is 20.9. The van der Waals surface area contributed by atoms with Crippen LogP contribution in [0.1, 0.15) is 6.42 Å². The third kappa shape index (κ3) is 3.32. The standard InChI is InChI=1S/C21H18Cl2N4O2S/c22-13-2-1-3-16(10-13)30(28,29)27-9-7-17-20(27)18-11-14(23)4-5-19(18)26-21(17)25-15-6-8-24-12-15/h1-5,7,9-11,15,24H,6,8,12H2,(H,25,26). The van der Waals surface area contributed by atoms with Gasteiger partial charge in [0.1, 0.15) is 5.82 Å². The van der Waals surface area contributed by atoms with Crippen molar-refractivity contribution in [3.05, 3.63) is 64.8 Å². The number of nitrogens with one attached hydrogen (secondary N) is 2. The molecule has 1 aliphatic heterocycles. The molecule has 0 amide bonds. The first kappa shape index (κ1) is 19.6. The van der Waals surface area contributed by atoms with Gasteiger partial charge >= 0.3 is 0 Å². The summed E-state index contributed by atoms with van der Waals surface area (Å²) in [5, 5.41) is 9.06. The van der Waals surface area contributed by atoms with Crippen LogP contribution in [-0.4, -0.2) is 36.5 Å². The fraction of sp³-hybridized carbons (Fsp3) is 0.190. The minimum atomic E-state index is -3.87. The predicted octanol–water partition coefficient (Wildman–Crippen LogP) is 4.51. The molecule has 9 heteroatoms. The van der Waals surface area contributed by atoms with Crippen molar-refractivity contribution in [1.82, 2.24) is 14.3 Å². The summed E-state index contributed by atoms with van der Waals surface area (Å²) < 4.78 is 28.2. The van der Waals surface area contributed by atoms with Crippen molar-refractivity contribution in [2.24, 2.45) is 0 Å². The Morgan fingerprint density at radius 1 is 1.07 bits per heavy atom.